The van der Waals surface area contributed by atoms with Gasteiger partial charge < -0.3 is 23.7 Å². The molecule has 22 heavy (non-hydrogen) atoms. The van der Waals surface area contributed by atoms with Crippen LogP contribution in [-0.2, 0) is 33.3 Å². The SMILES string of the molecule is C=C(C)C(=O)OCCOCCOCC(OC)OC(=O)C(=C)C. The molecule has 0 fully saturated rings. The molecule has 0 aromatic carbocycles. The maximum Gasteiger partial charge on any atom is 0.335 e. The van der Waals surface area contributed by atoms with E-state index in [4.69, 9.17) is 23.7 Å². The van der Waals surface area contributed by atoms with Crippen LogP contribution in [0.2, 0.25) is 0 Å². The molecule has 1 atom stereocenters. The molecule has 0 N–H and O–H groups in total. The zero-order chi connectivity index (χ0) is 17.0. The fourth-order valence-corrected chi connectivity index (χ4v) is 1.09. The van der Waals surface area contributed by atoms with Gasteiger partial charge in [0.15, 0.2) is 0 Å². The van der Waals surface area contributed by atoms with Crippen LogP contribution in [0, 0.1) is 0 Å². The van der Waals surface area contributed by atoms with Crippen molar-refractivity contribution in [1.29, 1.82) is 0 Å². The van der Waals surface area contributed by atoms with E-state index >= 15 is 0 Å². The van der Waals surface area contributed by atoms with E-state index < -0.39 is 18.2 Å². The fourth-order valence-electron chi connectivity index (χ4n) is 1.09. The third-order valence-electron chi connectivity index (χ3n) is 2.29. The highest BCUT2D eigenvalue weighted by atomic mass is 16.7. The third kappa shape index (κ3) is 10.1. The summed E-state index contributed by atoms with van der Waals surface area (Å²) in [6.45, 7) is 11.2. The van der Waals surface area contributed by atoms with Crippen molar-refractivity contribution in [3.63, 3.8) is 0 Å². The van der Waals surface area contributed by atoms with Gasteiger partial charge in [-0.25, -0.2) is 9.59 Å². The van der Waals surface area contributed by atoms with E-state index in [2.05, 4.69) is 13.2 Å². The summed E-state index contributed by atoms with van der Waals surface area (Å²) in [6.07, 6.45) is -0.791. The molecule has 7 heteroatoms. The summed E-state index contributed by atoms with van der Waals surface area (Å²) in [4.78, 5) is 22.4. The molecule has 0 aromatic rings. The molecule has 0 aliphatic rings. The first kappa shape index (κ1) is 20.3. The molecule has 0 bridgehead atoms. The molecular weight excluding hydrogens is 292 g/mol. The summed E-state index contributed by atoms with van der Waals surface area (Å²) in [5, 5.41) is 0. The van der Waals surface area contributed by atoms with Crippen molar-refractivity contribution in [2.45, 2.75) is 20.1 Å². The number of hydrogen-bond acceptors (Lipinski definition) is 7. The highest BCUT2D eigenvalue weighted by Crippen LogP contribution is 2.00. The lowest BCUT2D eigenvalue weighted by molar-refractivity contribution is -0.180. The monoisotopic (exact) mass is 316 g/mol. The normalized spacial score (nSPS) is 11.6. The number of ether oxygens (including phenoxy) is 5. The van der Waals surface area contributed by atoms with Crippen LogP contribution < -0.4 is 0 Å². The second-order valence-corrected chi connectivity index (χ2v) is 4.45. The van der Waals surface area contributed by atoms with Crippen molar-refractivity contribution in [3.05, 3.63) is 24.3 Å². The molecule has 0 rings (SSSR count). The molecule has 0 aliphatic heterocycles. The van der Waals surface area contributed by atoms with Crippen molar-refractivity contribution in [2.24, 2.45) is 0 Å². The van der Waals surface area contributed by atoms with Gasteiger partial charge >= 0.3 is 11.9 Å². The van der Waals surface area contributed by atoms with Gasteiger partial charge in [0.25, 0.3) is 0 Å². The average molecular weight is 316 g/mol. The molecular formula is C15H24O7. The van der Waals surface area contributed by atoms with Crippen LogP contribution in [0.4, 0.5) is 0 Å². The molecule has 0 aliphatic carbocycles. The Bertz CT molecular complexity index is 389. The summed E-state index contributed by atoms with van der Waals surface area (Å²) >= 11 is 0. The molecule has 0 saturated heterocycles. The van der Waals surface area contributed by atoms with Crippen LogP contribution in [0.15, 0.2) is 24.3 Å². The molecule has 0 amide bonds. The standard InChI is InChI=1S/C15H24O7/c1-11(2)14(16)21-9-8-19-6-7-20-10-13(18-5)22-15(17)12(3)4/h13H,1,3,6-10H2,2,4-5H3. The zero-order valence-electron chi connectivity index (χ0n) is 13.4. The Hall–Kier alpha value is -1.70. The lowest BCUT2D eigenvalue weighted by atomic mass is 10.4. The smallest absolute Gasteiger partial charge is 0.335 e. The molecule has 0 radical (unpaired) electrons. The maximum absolute atomic E-state index is 11.3. The molecule has 0 saturated carbocycles. The van der Waals surface area contributed by atoms with Crippen LogP contribution in [0.3, 0.4) is 0 Å². The van der Waals surface area contributed by atoms with Gasteiger partial charge in [0.1, 0.15) is 13.2 Å². The topological polar surface area (TPSA) is 80.3 Å². The Balaban J connectivity index is 3.59. The van der Waals surface area contributed by atoms with Crippen molar-refractivity contribution in [2.75, 3.05) is 40.1 Å². The summed E-state index contributed by atoms with van der Waals surface area (Å²) in [5.41, 5.74) is 0.632. The largest absolute Gasteiger partial charge is 0.460 e. The molecule has 0 spiro atoms. The molecule has 0 heterocycles. The molecule has 1 unspecified atom stereocenters. The minimum absolute atomic E-state index is 0.0868. The number of carbonyl (C=O) groups excluding carboxylic acids is 2. The number of rotatable bonds is 12. The van der Waals surface area contributed by atoms with Crippen molar-refractivity contribution in [3.8, 4) is 0 Å². The molecule has 0 aromatic heterocycles. The van der Waals surface area contributed by atoms with Gasteiger partial charge in [-0.05, 0) is 13.8 Å². The second-order valence-electron chi connectivity index (χ2n) is 4.45. The van der Waals surface area contributed by atoms with E-state index in [1.807, 2.05) is 0 Å². The third-order valence-corrected chi connectivity index (χ3v) is 2.29. The highest BCUT2D eigenvalue weighted by molar-refractivity contribution is 5.87. The first-order valence-electron chi connectivity index (χ1n) is 6.75. The van der Waals surface area contributed by atoms with Gasteiger partial charge in [0.05, 0.1) is 19.8 Å². The first-order chi connectivity index (χ1) is 10.4. The van der Waals surface area contributed by atoms with Gasteiger partial charge in [-0.2, -0.15) is 0 Å². The maximum atomic E-state index is 11.3. The summed E-state index contributed by atoms with van der Waals surface area (Å²) in [7, 11) is 1.41. The van der Waals surface area contributed by atoms with E-state index in [0.29, 0.717) is 18.8 Å². The lowest BCUT2D eigenvalue weighted by Crippen LogP contribution is -2.26. The number of methoxy groups -OCH3 is 1. The van der Waals surface area contributed by atoms with Crippen LogP contribution in [0.1, 0.15) is 13.8 Å². The van der Waals surface area contributed by atoms with E-state index in [-0.39, 0.29) is 25.4 Å². The van der Waals surface area contributed by atoms with Gasteiger partial charge in [-0.3, -0.25) is 0 Å². The zero-order valence-corrected chi connectivity index (χ0v) is 13.4. The number of hydrogen-bond donors (Lipinski definition) is 0. The van der Waals surface area contributed by atoms with Crippen molar-refractivity contribution >= 4 is 11.9 Å². The highest BCUT2D eigenvalue weighted by Gasteiger charge is 2.14. The van der Waals surface area contributed by atoms with E-state index in [9.17, 15) is 9.59 Å². The average Bonchev–Trinajstić information content (AvgIpc) is 2.47. The van der Waals surface area contributed by atoms with Crippen LogP contribution in [0.5, 0.6) is 0 Å². The Morgan fingerprint density at radius 1 is 0.909 bits per heavy atom. The minimum Gasteiger partial charge on any atom is -0.460 e. The Labute approximate surface area is 130 Å². The molecule has 126 valence electrons. The second kappa shape index (κ2) is 11.9. The predicted octanol–water partition coefficient (Wildman–Crippen LogP) is 1.23. The minimum atomic E-state index is -0.791. The van der Waals surface area contributed by atoms with Gasteiger partial charge in [-0.15, -0.1) is 0 Å². The quantitative estimate of drug-likeness (QED) is 0.232. The summed E-state index contributed by atoms with van der Waals surface area (Å²) < 4.78 is 25.2. The van der Waals surface area contributed by atoms with Crippen LogP contribution in [-0.4, -0.2) is 58.4 Å². The fraction of sp³-hybridized carbons (Fsp3) is 0.600. The Morgan fingerprint density at radius 3 is 2.00 bits per heavy atom. The van der Waals surface area contributed by atoms with E-state index in [0.717, 1.165) is 0 Å². The van der Waals surface area contributed by atoms with Gasteiger partial charge in [0, 0.05) is 18.3 Å². The Morgan fingerprint density at radius 2 is 1.45 bits per heavy atom. The predicted molar refractivity (Wildman–Crippen MR) is 79.1 cm³/mol. The number of esters is 2. The summed E-state index contributed by atoms with van der Waals surface area (Å²) in [5.74, 6) is -0.979. The lowest BCUT2D eigenvalue weighted by Gasteiger charge is -2.16. The Kier molecular flexibility index (Phi) is 11.0. The number of carbonyl (C=O) groups is 2. The van der Waals surface area contributed by atoms with E-state index in [1.54, 1.807) is 13.8 Å². The first-order valence-corrected chi connectivity index (χ1v) is 6.75. The van der Waals surface area contributed by atoms with Crippen molar-refractivity contribution < 1.29 is 33.3 Å². The summed E-state index contributed by atoms with van der Waals surface area (Å²) in [6, 6.07) is 0. The van der Waals surface area contributed by atoms with Gasteiger partial charge in [-0.1, -0.05) is 13.2 Å². The van der Waals surface area contributed by atoms with Crippen LogP contribution in [0.25, 0.3) is 0 Å². The molecule has 7 nitrogen and oxygen atoms in total. The van der Waals surface area contributed by atoms with Crippen molar-refractivity contribution in [1.82, 2.24) is 0 Å². The van der Waals surface area contributed by atoms with E-state index in [1.165, 1.54) is 7.11 Å². The van der Waals surface area contributed by atoms with Crippen LogP contribution >= 0.6 is 0 Å². The van der Waals surface area contributed by atoms with Gasteiger partial charge in [0.2, 0.25) is 6.29 Å².